The van der Waals surface area contributed by atoms with Crippen molar-refractivity contribution in [3.05, 3.63) is 64.4 Å². The summed E-state index contributed by atoms with van der Waals surface area (Å²) in [6, 6.07) is 12.2. The van der Waals surface area contributed by atoms with Gasteiger partial charge in [-0.2, -0.15) is 5.10 Å². The normalized spacial score (nSPS) is 16.3. The number of nitrogens with one attached hydrogen (secondary N) is 1. The van der Waals surface area contributed by atoms with Crippen molar-refractivity contribution in [2.45, 2.75) is 6.92 Å². The van der Waals surface area contributed by atoms with E-state index in [4.69, 9.17) is 11.6 Å². The van der Waals surface area contributed by atoms with Crippen LogP contribution < -0.4 is 5.43 Å². The monoisotopic (exact) mass is 333 g/mol. The van der Waals surface area contributed by atoms with Crippen LogP contribution >= 0.6 is 23.4 Å². The van der Waals surface area contributed by atoms with Gasteiger partial charge in [-0.05, 0) is 30.7 Å². The number of hydrogen-bond acceptors (Lipinski definition) is 3. The molecule has 3 nitrogen and oxygen atoms in total. The van der Waals surface area contributed by atoms with Crippen molar-refractivity contribution in [1.29, 1.82) is 0 Å². The minimum Gasteiger partial charge on any atom is -0.255 e. The minimum atomic E-state index is -0.269. The van der Waals surface area contributed by atoms with Crippen molar-refractivity contribution in [3.63, 3.8) is 0 Å². The molecule has 0 unspecified atom stereocenters. The highest BCUT2D eigenvalue weighted by Gasteiger charge is 2.16. The number of benzene rings is 2. The Hall–Kier alpha value is -1.85. The van der Waals surface area contributed by atoms with Crippen LogP contribution in [0.4, 0.5) is 10.1 Å². The van der Waals surface area contributed by atoms with Crippen LogP contribution in [-0.4, -0.2) is 16.6 Å². The van der Waals surface area contributed by atoms with Gasteiger partial charge in [0.05, 0.1) is 11.4 Å². The van der Waals surface area contributed by atoms with Crippen molar-refractivity contribution in [2.24, 2.45) is 10.1 Å². The highest BCUT2D eigenvalue weighted by atomic mass is 35.5. The van der Waals surface area contributed by atoms with Crippen LogP contribution in [0.2, 0.25) is 5.02 Å². The summed E-state index contributed by atoms with van der Waals surface area (Å²) in [6.07, 6.45) is 0. The molecule has 0 fully saturated rings. The van der Waals surface area contributed by atoms with Crippen LogP contribution in [0, 0.1) is 12.7 Å². The summed E-state index contributed by atoms with van der Waals surface area (Å²) in [5.74, 6) is 0.293. The van der Waals surface area contributed by atoms with E-state index in [9.17, 15) is 4.39 Å². The SMILES string of the molecule is Cc1c(Cl)cccc1N=C1NN=C(c2ccccc2F)CS1. The molecule has 112 valence electrons. The van der Waals surface area contributed by atoms with E-state index in [0.29, 0.717) is 27.2 Å². The van der Waals surface area contributed by atoms with E-state index in [2.05, 4.69) is 15.5 Å². The van der Waals surface area contributed by atoms with Crippen LogP contribution in [0.1, 0.15) is 11.1 Å². The zero-order valence-corrected chi connectivity index (χ0v) is 13.4. The molecule has 2 aromatic rings. The molecule has 0 aliphatic carbocycles. The van der Waals surface area contributed by atoms with Crippen LogP contribution in [-0.2, 0) is 0 Å². The molecular weight excluding hydrogens is 321 g/mol. The van der Waals surface area contributed by atoms with Gasteiger partial charge in [0, 0.05) is 16.3 Å². The molecule has 0 atom stereocenters. The number of halogens is 2. The first-order chi connectivity index (χ1) is 10.6. The number of aliphatic imine (C=N–C) groups is 1. The largest absolute Gasteiger partial charge is 0.255 e. The fourth-order valence-corrected chi connectivity index (χ4v) is 2.97. The van der Waals surface area contributed by atoms with Crippen molar-refractivity contribution in [3.8, 4) is 0 Å². The van der Waals surface area contributed by atoms with Gasteiger partial charge in [-0.3, -0.25) is 5.43 Å². The number of nitrogens with zero attached hydrogens (tertiary/aromatic N) is 2. The predicted octanol–water partition coefficient (Wildman–Crippen LogP) is 4.52. The Morgan fingerprint density at radius 3 is 2.77 bits per heavy atom. The van der Waals surface area contributed by atoms with Crippen molar-refractivity contribution in [1.82, 2.24) is 5.43 Å². The zero-order valence-electron chi connectivity index (χ0n) is 11.8. The first kappa shape index (κ1) is 15.1. The molecule has 0 amide bonds. The Balaban J connectivity index is 1.83. The van der Waals surface area contributed by atoms with Crippen molar-refractivity contribution < 1.29 is 4.39 Å². The molecule has 0 spiro atoms. The van der Waals surface area contributed by atoms with Crippen LogP contribution in [0.3, 0.4) is 0 Å². The first-order valence-corrected chi connectivity index (χ1v) is 8.05. The summed E-state index contributed by atoms with van der Waals surface area (Å²) in [7, 11) is 0. The van der Waals surface area contributed by atoms with E-state index in [1.165, 1.54) is 17.8 Å². The standard InChI is InChI=1S/C16H13ClFN3S/c1-10-12(17)6-4-8-14(10)19-16-21-20-15(9-22-16)11-5-2-3-7-13(11)18/h2-8H,9H2,1H3,(H,19,21). The van der Waals surface area contributed by atoms with Gasteiger partial charge >= 0.3 is 0 Å². The molecule has 0 bridgehead atoms. The fourth-order valence-electron chi connectivity index (χ4n) is 2.03. The van der Waals surface area contributed by atoms with Gasteiger partial charge in [-0.15, -0.1) is 0 Å². The summed E-state index contributed by atoms with van der Waals surface area (Å²) >= 11 is 7.57. The maximum atomic E-state index is 13.8. The van der Waals surface area contributed by atoms with E-state index in [-0.39, 0.29) is 5.82 Å². The summed E-state index contributed by atoms with van der Waals surface area (Å²) in [5.41, 5.74) is 5.78. The molecule has 0 radical (unpaired) electrons. The quantitative estimate of drug-likeness (QED) is 0.877. The van der Waals surface area contributed by atoms with Crippen molar-refractivity contribution >= 4 is 39.9 Å². The average molecular weight is 334 g/mol. The van der Waals surface area contributed by atoms with Gasteiger partial charge in [-0.1, -0.05) is 47.6 Å². The summed E-state index contributed by atoms with van der Waals surface area (Å²) < 4.78 is 13.8. The Labute approximate surface area is 137 Å². The zero-order chi connectivity index (χ0) is 15.5. The second-order valence-corrected chi connectivity index (χ2v) is 6.11. The Kier molecular flexibility index (Phi) is 4.45. The van der Waals surface area contributed by atoms with Gasteiger partial charge in [0.25, 0.3) is 0 Å². The van der Waals surface area contributed by atoms with E-state index >= 15 is 0 Å². The van der Waals surface area contributed by atoms with E-state index in [1.54, 1.807) is 18.2 Å². The van der Waals surface area contributed by atoms with E-state index in [0.717, 1.165) is 11.3 Å². The number of hydrazone groups is 1. The molecule has 0 saturated carbocycles. The maximum absolute atomic E-state index is 13.8. The Bertz CT molecular complexity index is 774. The Morgan fingerprint density at radius 1 is 1.23 bits per heavy atom. The topological polar surface area (TPSA) is 36.8 Å². The van der Waals surface area contributed by atoms with Gasteiger partial charge in [0.2, 0.25) is 0 Å². The summed E-state index contributed by atoms with van der Waals surface area (Å²) in [5, 5.41) is 5.58. The number of amidine groups is 1. The molecule has 0 saturated heterocycles. The average Bonchev–Trinajstić information content (AvgIpc) is 2.53. The second-order valence-electron chi connectivity index (χ2n) is 4.74. The van der Waals surface area contributed by atoms with Gasteiger partial charge < -0.3 is 0 Å². The highest BCUT2D eigenvalue weighted by molar-refractivity contribution is 8.14. The molecule has 1 N–H and O–H groups in total. The smallest absolute Gasteiger partial charge is 0.182 e. The summed E-state index contributed by atoms with van der Waals surface area (Å²) in [4.78, 5) is 4.51. The van der Waals surface area contributed by atoms with Gasteiger partial charge in [-0.25, -0.2) is 9.38 Å². The second kappa shape index (κ2) is 6.50. The maximum Gasteiger partial charge on any atom is 0.182 e. The van der Waals surface area contributed by atoms with Gasteiger partial charge in [0.15, 0.2) is 5.17 Å². The lowest BCUT2D eigenvalue weighted by molar-refractivity contribution is 0.625. The molecule has 1 aliphatic rings. The highest BCUT2D eigenvalue weighted by Crippen LogP contribution is 2.27. The summed E-state index contributed by atoms with van der Waals surface area (Å²) in [6.45, 7) is 1.92. The molecule has 1 aliphatic heterocycles. The van der Waals surface area contributed by atoms with Crippen LogP contribution in [0.25, 0.3) is 0 Å². The van der Waals surface area contributed by atoms with E-state index in [1.807, 2.05) is 25.1 Å². The fraction of sp³-hybridized carbons (Fsp3) is 0.125. The van der Waals surface area contributed by atoms with Gasteiger partial charge in [0.1, 0.15) is 5.82 Å². The minimum absolute atomic E-state index is 0.269. The Morgan fingerprint density at radius 2 is 2.05 bits per heavy atom. The third kappa shape index (κ3) is 3.15. The molecule has 2 aromatic carbocycles. The first-order valence-electron chi connectivity index (χ1n) is 6.69. The molecule has 3 rings (SSSR count). The van der Waals surface area contributed by atoms with Crippen molar-refractivity contribution in [2.75, 3.05) is 5.75 Å². The molecule has 0 aromatic heterocycles. The lowest BCUT2D eigenvalue weighted by Crippen LogP contribution is -2.25. The van der Waals surface area contributed by atoms with E-state index < -0.39 is 0 Å². The molecule has 1 heterocycles. The molecular formula is C16H13ClFN3S. The number of rotatable bonds is 2. The van der Waals surface area contributed by atoms with Crippen LogP contribution in [0.5, 0.6) is 0 Å². The third-order valence-electron chi connectivity index (χ3n) is 3.28. The third-order valence-corrected chi connectivity index (χ3v) is 4.56. The number of thioether (sulfide) groups is 1. The molecule has 22 heavy (non-hydrogen) atoms. The lowest BCUT2D eigenvalue weighted by atomic mass is 10.1. The molecule has 6 heteroatoms. The van der Waals surface area contributed by atoms with Crippen LogP contribution in [0.15, 0.2) is 52.6 Å². The predicted molar refractivity (Wildman–Crippen MR) is 91.8 cm³/mol. The lowest BCUT2D eigenvalue weighted by Gasteiger charge is -2.15. The number of hydrogen-bond donors (Lipinski definition) is 1.